The second-order valence-corrected chi connectivity index (χ2v) is 9.12. The van der Waals surface area contributed by atoms with E-state index in [9.17, 15) is 9.18 Å². The Morgan fingerprint density at radius 1 is 1.09 bits per heavy atom. The average Bonchev–Trinajstić information content (AvgIpc) is 3.45. The van der Waals surface area contributed by atoms with Crippen molar-refractivity contribution in [3.8, 4) is 0 Å². The van der Waals surface area contributed by atoms with Gasteiger partial charge in [-0.05, 0) is 60.2 Å². The summed E-state index contributed by atoms with van der Waals surface area (Å²) >= 11 is 0. The molecule has 2 saturated heterocycles. The fourth-order valence-corrected chi connectivity index (χ4v) is 5.36. The summed E-state index contributed by atoms with van der Waals surface area (Å²) in [5.41, 5.74) is 4.77. The molecule has 2 fully saturated rings. The highest BCUT2D eigenvalue weighted by molar-refractivity contribution is 6.27. The number of carboxylic acid groups (broad SMARTS) is 2. The molecular weight excluding hydrogens is 457 g/mol. The van der Waals surface area contributed by atoms with Gasteiger partial charge in [0.2, 0.25) is 0 Å². The van der Waals surface area contributed by atoms with E-state index < -0.39 is 11.9 Å². The Bertz CT molecular complexity index is 1110. The maximum Gasteiger partial charge on any atom is 0.414 e. The minimum Gasteiger partial charge on any atom is -0.473 e. The van der Waals surface area contributed by atoms with Crippen molar-refractivity contribution in [1.29, 1.82) is 0 Å². The first-order chi connectivity index (χ1) is 16.8. The van der Waals surface area contributed by atoms with Gasteiger partial charge in [0.15, 0.2) is 0 Å². The molecule has 4 atom stereocenters. The van der Waals surface area contributed by atoms with Crippen LogP contribution < -0.4 is 0 Å². The number of hydrogen-bond donors (Lipinski definition) is 2. The van der Waals surface area contributed by atoms with E-state index >= 15 is 0 Å². The van der Waals surface area contributed by atoms with E-state index in [1.165, 1.54) is 18.2 Å². The summed E-state index contributed by atoms with van der Waals surface area (Å²) in [4.78, 5) is 32.3. The predicted molar refractivity (Wildman–Crippen MR) is 122 cm³/mol. The molecule has 3 aliphatic rings. The first kappa shape index (κ1) is 24.8. The number of likely N-dealkylation sites (tertiary alicyclic amines) is 1. The molecule has 4 unspecified atom stereocenters. The molecule has 2 heterocycles. The van der Waals surface area contributed by atoms with Crippen LogP contribution in [0.3, 0.4) is 0 Å². The van der Waals surface area contributed by atoms with Crippen molar-refractivity contribution in [3.05, 3.63) is 70.5 Å². The summed E-state index contributed by atoms with van der Waals surface area (Å²) in [6, 6.07) is 13.6. The van der Waals surface area contributed by atoms with Crippen LogP contribution in [-0.2, 0) is 30.3 Å². The smallest absolute Gasteiger partial charge is 0.414 e. The Balaban J connectivity index is 0.000000431. The third-order valence-corrected chi connectivity index (χ3v) is 6.92. The Kier molecular flexibility index (Phi) is 7.47. The molecule has 1 aliphatic carbocycles. The minimum absolute atomic E-state index is 0.0394. The number of ether oxygens (including phenoxy) is 2. The number of benzene rings is 2. The summed E-state index contributed by atoms with van der Waals surface area (Å²) < 4.78 is 25.5. The highest BCUT2D eigenvalue weighted by Gasteiger charge is 2.42. The number of carbonyl (C=O) groups excluding carboxylic acids is 1. The van der Waals surface area contributed by atoms with Crippen molar-refractivity contribution >= 4 is 17.9 Å². The van der Waals surface area contributed by atoms with Gasteiger partial charge in [-0.25, -0.2) is 14.0 Å². The first-order valence-electron chi connectivity index (χ1n) is 11.5. The molecule has 8 nitrogen and oxygen atoms in total. The lowest BCUT2D eigenvalue weighted by Gasteiger charge is -2.21. The van der Waals surface area contributed by atoms with Crippen LogP contribution in [-0.4, -0.2) is 65.9 Å². The molecule has 5 rings (SSSR count). The van der Waals surface area contributed by atoms with Gasteiger partial charge in [-0.1, -0.05) is 30.3 Å². The van der Waals surface area contributed by atoms with Gasteiger partial charge >= 0.3 is 17.9 Å². The van der Waals surface area contributed by atoms with Crippen LogP contribution in [0.5, 0.6) is 0 Å². The van der Waals surface area contributed by atoms with E-state index in [2.05, 4.69) is 29.2 Å². The van der Waals surface area contributed by atoms with Crippen LogP contribution in [0.15, 0.2) is 42.5 Å². The summed E-state index contributed by atoms with van der Waals surface area (Å²) in [6.45, 7) is 2.41. The lowest BCUT2D eigenvalue weighted by Crippen LogP contribution is -2.31. The van der Waals surface area contributed by atoms with Crippen LogP contribution in [0.1, 0.15) is 47.1 Å². The molecule has 2 N–H and O–H groups in total. The number of rotatable bonds is 3. The number of carbonyl (C=O) groups is 3. The number of aliphatic carboxylic acids is 2. The molecule has 186 valence electrons. The van der Waals surface area contributed by atoms with E-state index in [0.717, 1.165) is 50.0 Å². The van der Waals surface area contributed by atoms with Gasteiger partial charge in [0.1, 0.15) is 5.82 Å². The van der Waals surface area contributed by atoms with E-state index in [0.29, 0.717) is 0 Å². The molecule has 0 bridgehead atoms. The Morgan fingerprint density at radius 2 is 1.80 bits per heavy atom. The molecule has 0 amide bonds. The van der Waals surface area contributed by atoms with Crippen molar-refractivity contribution < 1.29 is 38.5 Å². The Hall–Kier alpha value is -3.30. The Labute approximate surface area is 202 Å². The number of fused-ring (bicyclic) bond motifs is 5. The molecule has 0 aromatic heterocycles. The van der Waals surface area contributed by atoms with Crippen LogP contribution in [0.2, 0.25) is 0 Å². The summed E-state index contributed by atoms with van der Waals surface area (Å²) in [5, 5.41) is 14.8. The van der Waals surface area contributed by atoms with Gasteiger partial charge in [0.05, 0.1) is 25.2 Å². The van der Waals surface area contributed by atoms with Crippen LogP contribution in [0.25, 0.3) is 0 Å². The number of esters is 1. The number of nitrogens with zero attached hydrogens (tertiary/aromatic N) is 1. The van der Waals surface area contributed by atoms with Gasteiger partial charge in [0, 0.05) is 19.0 Å². The third-order valence-electron chi connectivity index (χ3n) is 6.92. The standard InChI is InChI=1S/C24H26FNO3.C2H2O4/c1-28-24(27)17-8-9-26(13-17)14-19-12-22-20-5-3-2-4-15(20)10-16-6-7-18(25)11-21(16)23(22)29-19;3-1(4)2(5)6/h2-7,11,17,19,22-23H,8-10,12-14H2,1H3;(H,3,4)(H,5,6). The topological polar surface area (TPSA) is 113 Å². The molecule has 0 spiro atoms. The summed E-state index contributed by atoms with van der Waals surface area (Å²) in [7, 11) is 1.45. The maximum absolute atomic E-state index is 14.1. The molecule has 2 aromatic rings. The largest absolute Gasteiger partial charge is 0.473 e. The van der Waals surface area contributed by atoms with E-state index in [4.69, 9.17) is 29.3 Å². The molecule has 0 saturated carbocycles. The predicted octanol–water partition coefficient (Wildman–Crippen LogP) is 2.99. The van der Waals surface area contributed by atoms with Gasteiger partial charge < -0.3 is 19.7 Å². The van der Waals surface area contributed by atoms with Crippen molar-refractivity contribution in [2.24, 2.45) is 5.92 Å². The average molecular weight is 486 g/mol. The van der Waals surface area contributed by atoms with Gasteiger partial charge in [-0.15, -0.1) is 0 Å². The Morgan fingerprint density at radius 3 is 2.51 bits per heavy atom. The third kappa shape index (κ3) is 5.52. The minimum atomic E-state index is -1.82. The zero-order valence-corrected chi connectivity index (χ0v) is 19.4. The van der Waals surface area contributed by atoms with Crippen LogP contribution in [0.4, 0.5) is 4.39 Å². The SMILES string of the molecule is COC(=O)C1CCN(CC2CC3c4ccccc4Cc4ccc(F)cc4C3O2)C1.O=C(O)C(=O)O. The molecule has 2 aliphatic heterocycles. The van der Waals surface area contributed by atoms with Crippen molar-refractivity contribution in [2.45, 2.75) is 37.4 Å². The van der Waals surface area contributed by atoms with Crippen molar-refractivity contribution in [2.75, 3.05) is 26.7 Å². The van der Waals surface area contributed by atoms with Crippen molar-refractivity contribution in [1.82, 2.24) is 4.90 Å². The van der Waals surface area contributed by atoms with E-state index in [1.54, 1.807) is 12.1 Å². The summed E-state index contributed by atoms with van der Waals surface area (Å²) in [5.74, 6) is -3.78. The molecule has 35 heavy (non-hydrogen) atoms. The van der Waals surface area contributed by atoms with Gasteiger partial charge in [0.25, 0.3) is 0 Å². The monoisotopic (exact) mass is 485 g/mol. The van der Waals surface area contributed by atoms with E-state index in [1.807, 2.05) is 6.07 Å². The number of hydrogen-bond acceptors (Lipinski definition) is 6. The quantitative estimate of drug-likeness (QED) is 0.504. The van der Waals surface area contributed by atoms with Gasteiger partial charge in [-0.2, -0.15) is 0 Å². The molecule has 0 radical (unpaired) electrons. The fourth-order valence-electron chi connectivity index (χ4n) is 5.36. The fraction of sp³-hybridized carbons (Fsp3) is 0.423. The second kappa shape index (κ2) is 10.5. The van der Waals surface area contributed by atoms with Crippen molar-refractivity contribution in [3.63, 3.8) is 0 Å². The highest BCUT2D eigenvalue weighted by Crippen LogP contribution is 2.49. The van der Waals surface area contributed by atoms with Crippen LogP contribution in [0, 0.1) is 11.7 Å². The lowest BCUT2D eigenvalue weighted by molar-refractivity contribution is -0.159. The van der Waals surface area contributed by atoms with E-state index in [-0.39, 0.29) is 35.8 Å². The van der Waals surface area contributed by atoms with Crippen LogP contribution >= 0.6 is 0 Å². The maximum atomic E-state index is 14.1. The second-order valence-electron chi connectivity index (χ2n) is 9.12. The number of methoxy groups -OCH3 is 1. The first-order valence-corrected chi connectivity index (χ1v) is 11.5. The van der Waals surface area contributed by atoms with Gasteiger partial charge in [-0.3, -0.25) is 9.69 Å². The zero-order chi connectivity index (χ0) is 25.1. The normalized spacial score (nSPS) is 24.7. The molecular formula is C26H28FNO7. The molecule has 2 aromatic carbocycles. The number of carboxylic acids is 2. The number of halogens is 1. The summed E-state index contributed by atoms with van der Waals surface area (Å²) in [6.07, 6.45) is 2.52. The molecule has 9 heteroatoms. The lowest BCUT2D eigenvalue weighted by atomic mass is 9.87. The highest BCUT2D eigenvalue weighted by atomic mass is 19.1. The zero-order valence-electron chi connectivity index (χ0n) is 19.4.